The summed E-state index contributed by atoms with van der Waals surface area (Å²) in [5, 5.41) is 1.17. The van der Waals surface area contributed by atoms with E-state index in [-0.39, 0.29) is 0 Å². The predicted octanol–water partition coefficient (Wildman–Crippen LogP) is 3.76. The summed E-state index contributed by atoms with van der Waals surface area (Å²) < 4.78 is 16.1. The van der Waals surface area contributed by atoms with Gasteiger partial charge in [0, 0.05) is 12.1 Å². The number of esters is 1. The number of fused-ring (bicyclic) bond motifs is 2. The van der Waals surface area contributed by atoms with Gasteiger partial charge in [-0.05, 0) is 24.3 Å². The van der Waals surface area contributed by atoms with Crippen molar-refractivity contribution in [2.24, 2.45) is 0 Å². The molecule has 0 saturated heterocycles. The molecule has 5 heteroatoms. The maximum Gasteiger partial charge on any atom is 0.343 e. The summed E-state index contributed by atoms with van der Waals surface area (Å²) in [6.07, 6.45) is 1.49. The summed E-state index contributed by atoms with van der Waals surface area (Å²) in [7, 11) is 0. The molecule has 4 rings (SSSR count). The molecule has 0 spiro atoms. The first-order valence-electron chi connectivity index (χ1n) is 6.94. The molecule has 0 radical (unpaired) electrons. The van der Waals surface area contributed by atoms with E-state index in [9.17, 15) is 9.59 Å². The van der Waals surface area contributed by atoms with Gasteiger partial charge in [0.05, 0.1) is 22.6 Å². The van der Waals surface area contributed by atoms with Crippen LogP contribution in [0.15, 0.2) is 74.5 Å². The Bertz CT molecular complexity index is 1070. The highest BCUT2D eigenvalue weighted by Crippen LogP contribution is 2.35. The van der Waals surface area contributed by atoms with E-state index in [1.165, 1.54) is 12.3 Å². The van der Waals surface area contributed by atoms with Crippen LogP contribution in [-0.2, 0) is 0 Å². The Labute approximate surface area is 129 Å². The predicted molar refractivity (Wildman–Crippen MR) is 83.7 cm³/mol. The molecular weight excluding hydrogens is 296 g/mol. The summed E-state index contributed by atoms with van der Waals surface area (Å²) >= 11 is 0. The van der Waals surface area contributed by atoms with Crippen LogP contribution in [0.25, 0.3) is 21.9 Å². The summed E-state index contributed by atoms with van der Waals surface area (Å²) in [5.74, 6) is -0.185. The smallest absolute Gasteiger partial charge is 0.343 e. The lowest BCUT2D eigenvalue weighted by molar-refractivity contribution is 0.0739. The zero-order valence-electron chi connectivity index (χ0n) is 11.8. The molecule has 4 aromatic rings. The van der Waals surface area contributed by atoms with Crippen molar-refractivity contribution in [3.63, 3.8) is 0 Å². The van der Waals surface area contributed by atoms with Crippen molar-refractivity contribution in [3.8, 4) is 5.75 Å². The Morgan fingerprint density at radius 1 is 0.913 bits per heavy atom. The molecule has 2 heterocycles. The van der Waals surface area contributed by atoms with E-state index >= 15 is 0 Å². The first-order chi connectivity index (χ1) is 11.2. The van der Waals surface area contributed by atoms with Gasteiger partial charge >= 0.3 is 11.6 Å². The van der Waals surface area contributed by atoms with Crippen LogP contribution in [-0.4, -0.2) is 5.97 Å². The highest BCUT2D eigenvalue weighted by molar-refractivity contribution is 6.04. The zero-order valence-corrected chi connectivity index (χ0v) is 11.8. The van der Waals surface area contributed by atoms with E-state index in [0.29, 0.717) is 33.3 Å². The third-order valence-corrected chi connectivity index (χ3v) is 3.51. The molecule has 112 valence electrons. The van der Waals surface area contributed by atoms with Crippen LogP contribution >= 0.6 is 0 Å². The Hall–Kier alpha value is -3.34. The standard InChI is InChI=1S/C18H10O5/c19-16-7-6-12-15(22-16)10-14-13(8-9-21-14)17(12)23-18(20)11-4-2-1-3-5-11/h1-10H. The van der Waals surface area contributed by atoms with Crippen molar-refractivity contribution in [2.75, 3.05) is 0 Å². The monoisotopic (exact) mass is 306 g/mol. The number of carbonyl (C=O) groups excluding carboxylic acids is 1. The first-order valence-corrected chi connectivity index (χ1v) is 6.94. The summed E-state index contributed by atoms with van der Waals surface area (Å²) in [6.45, 7) is 0. The second-order valence-electron chi connectivity index (χ2n) is 4.96. The molecule has 0 aliphatic carbocycles. The molecule has 0 unspecified atom stereocenters. The van der Waals surface area contributed by atoms with E-state index in [1.807, 2.05) is 6.07 Å². The van der Waals surface area contributed by atoms with Gasteiger partial charge in [0.25, 0.3) is 0 Å². The lowest BCUT2D eigenvalue weighted by Gasteiger charge is -2.08. The molecule has 2 aromatic carbocycles. The minimum absolute atomic E-state index is 0.302. The van der Waals surface area contributed by atoms with E-state index in [2.05, 4.69) is 0 Å². The van der Waals surface area contributed by atoms with Crippen LogP contribution in [0.5, 0.6) is 5.75 Å². The lowest BCUT2D eigenvalue weighted by Crippen LogP contribution is -2.09. The molecule has 23 heavy (non-hydrogen) atoms. The van der Waals surface area contributed by atoms with Crippen LogP contribution in [0.4, 0.5) is 0 Å². The Morgan fingerprint density at radius 3 is 2.52 bits per heavy atom. The van der Waals surface area contributed by atoms with Gasteiger partial charge in [0.2, 0.25) is 0 Å². The van der Waals surface area contributed by atoms with E-state index < -0.39 is 11.6 Å². The molecular formula is C18H10O5. The van der Waals surface area contributed by atoms with Crippen molar-refractivity contribution in [1.29, 1.82) is 0 Å². The number of hydrogen-bond donors (Lipinski definition) is 0. The number of benzene rings is 2. The second-order valence-corrected chi connectivity index (χ2v) is 4.96. The first kappa shape index (κ1) is 13.3. The molecule has 0 bridgehead atoms. The van der Waals surface area contributed by atoms with Gasteiger partial charge in [-0.3, -0.25) is 0 Å². The second kappa shape index (κ2) is 5.14. The van der Waals surface area contributed by atoms with E-state index in [0.717, 1.165) is 0 Å². The maximum absolute atomic E-state index is 12.3. The average Bonchev–Trinajstić information content (AvgIpc) is 3.03. The van der Waals surface area contributed by atoms with Gasteiger partial charge in [-0.2, -0.15) is 0 Å². The van der Waals surface area contributed by atoms with Crippen molar-refractivity contribution in [2.45, 2.75) is 0 Å². The van der Waals surface area contributed by atoms with Crippen molar-refractivity contribution in [1.82, 2.24) is 0 Å². The summed E-state index contributed by atoms with van der Waals surface area (Å²) in [6, 6.07) is 14.8. The number of carbonyl (C=O) groups is 1. The molecule has 0 aliphatic heterocycles. The van der Waals surface area contributed by atoms with Gasteiger partial charge < -0.3 is 13.6 Å². The molecule has 0 fully saturated rings. The largest absolute Gasteiger partial charge is 0.464 e. The van der Waals surface area contributed by atoms with Crippen LogP contribution < -0.4 is 10.4 Å². The van der Waals surface area contributed by atoms with Crippen LogP contribution in [0, 0.1) is 0 Å². The lowest BCUT2D eigenvalue weighted by atomic mass is 10.1. The van der Waals surface area contributed by atoms with Gasteiger partial charge in [-0.1, -0.05) is 18.2 Å². The van der Waals surface area contributed by atoms with E-state index in [1.54, 1.807) is 42.5 Å². The number of furan rings is 1. The van der Waals surface area contributed by atoms with Crippen LogP contribution in [0.3, 0.4) is 0 Å². The number of hydrogen-bond acceptors (Lipinski definition) is 5. The third kappa shape index (κ3) is 2.28. The normalized spacial score (nSPS) is 11.0. The Balaban J connectivity index is 1.91. The quantitative estimate of drug-likeness (QED) is 0.320. The minimum Gasteiger partial charge on any atom is -0.464 e. The molecule has 2 aromatic heterocycles. The van der Waals surface area contributed by atoms with Gasteiger partial charge in [0.1, 0.15) is 11.2 Å². The molecule has 5 nitrogen and oxygen atoms in total. The van der Waals surface area contributed by atoms with Crippen LogP contribution in [0.2, 0.25) is 0 Å². The Kier molecular flexibility index (Phi) is 2.98. The number of ether oxygens (including phenoxy) is 1. The summed E-state index contributed by atoms with van der Waals surface area (Å²) in [4.78, 5) is 23.8. The molecule has 0 amide bonds. The van der Waals surface area contributed by atoms with Crippen molar-refractivity contribution in [3.05, 3.63) is 76.8 Å². The fourth-order valence-corrected chi connectivity index (χ4v) is 2.45. The molecule has 0 N–H and O–H groups in total. The fraction of sp³-hybridized carbons (Fsp3) is 0. The molecule has 0 aliphatic rings. The van der Waals surface area contributed by atoms with Gasteiger partial charge in [-0.25, -0.2) is 9.59 Å². The highest BCUT2D eigenvalue weighted by atomic mass is 16.5. The SMILES string of the molecule is O=C(Oc1c2ccoc2cc2oc(=O)ccc12)c1ccccc1. The fourth-order valence-electron chi connectivity index (χ4n) is 2.45. The van der Waals surface area contributed by atoms with E-state index in [4.69, 9.17) is 13.6 Å². The van der Waals surface area contributed by atoms with Gasteiger partial charge in [-0.15, -0.1) is 0 Å². The van der Waals surface area contributed by atoms with Crippen molar-refractivity contribution < 1.29 is 18.4 Å². The molecule has 0 atom stereocenters. The summed E-state index contributed by atoms with van der Waals surface area (Å²) in [5.41, 5.74) is 0.723. The number of rotatable bonds is 2. The average molecular weight is 306 g/mol. The maximum atomic E-state index is 12.3. The van der Waals surface area contributed by atoms with Gasteiger partial charge in [0.15, 0.2) is 5.75 Å². The van der Waals surface area contributed by atoms with Crippen molar-refractivity contribution >= 4 is 27.9 Å². The third-order valence-electron chi connectivity index (χ3n) is 3.51. The minimum atomic E-state index is -0.494. The molecule has 0 saturated carbocycles. The zero-order chi connectivity index (χ0) is 15.8. The Morgan fingerprint density at radius 2 is 1.70 bits per heavy atom. The highest BCUT2D eigenvalue weighted by Gasteiger charge is 2.17. The topological polar surface area (TPSA) is 69.7 Å². The van der Waals surface area contributed by atoms with Crippen LogP contribution in [0.1, 0.15) is 10.4 Å².